The lowest BCUT2D eigenvalue weighted by Gasteiger charge is -2.19. The van der Waals surface area contributed by atoms with E-state index >= 15 is 0 Å². The maximum absolute atomic E-state index is 12.5. The highest BCUT2D eigenvalue weighted by Gasteiger charge is 2.22. The van der Waals surface area contributed by atoms with Crippen molar-refractivity contribution in [2.24, 2.45) is 0 Å². The number of thiazole rings is 1. The largest absolute Gasteiger partial charge is 0.493 e. The summed E-state index contributed by atoms with van der Waals surface area (Å²) in [5, 5.41) is 2.71. The molecule has 0 spiro atoms. The number of Topliss-reactive ketones (excluding diaryl/α,β-unsaturated/α-hetero) is 1. The summed E-state index contributed by atoms with van der Waals surface area (Å²) in [5.41, 5.74) is 5.28. The van der Waals surface area contributed by atoms with Gasteiger partial charge in [0.1, 0.15) is 5.69 Å². The monoisotopic (exact) mass is 681 g/mol. The van der Waals surface area contributed by atoms with Crippen LogP contribution in [0.4, 0.5) is 0 Å². The van der Waals surface area contributed by atoms with Gasteiger partial charge in [-0.2, -0.15) is 0 Å². The first kappa shape index (κ1) is 30.7. The van der Waals surface area contributed by atoms with Crippen molar-refractivity contribution in [3.8, 4) is 11.5 Å². The lowest BCUT2D eigenvalue weighted by Crippen LogP contribution is -2.14. The minimum Gasteiger partial charge on any atom is -0.493 e. The van der Waals surface area contributed by atoms with Gasteiger partial charge >= 0.3 is 0 Å². The molecule has 0 aromatic carbocycles. The van der Waals surface area contributed by atoms with Crippen LogP contribution >= 0.6 is 27.3 Å². The number of aromatic nitrogens is 5. The average molecular weight is 683 g/mol. The second-order valence-electron chi connectivity index (χ2n) is 11.1. The van der Waals surface area contributed by atoms with E-state index < -0.39 is 0 Å². The summed E-state index contributed by atoms with van der Waals surface area (Å²) in [5.74, 6) is 2.41. The fourth-order valence-corrected chi connectivity index (χ4v) is 6.79. The number of hydrogen-bond donors (Lipinski definition) is 0. The third kappa shape index (κ3) is 6.83. The number of fused-ring (bicyclic) bond motifs is 2. The Balaban J connectivity index is 0.000000167. The molecule has 0 radical (unpaired) electrons. The smallest absolute Gasteiger partial charge is 0.186 e. The number of hydrogen-bond acceptors (Lipinski definition) is 9. The molecule has 232 valence electrons. The number of halogens is 1. The van der Waals surface area contributed by atoms with Gasteiger partial charge in [-0.05, 0) is 66.2 Å². The number of methoxy groups -OCH3 is 2. The van der Waals surface area contributed by atoms with E-state index in [0.717, 1.165) is 95.6 Å². The third-order valence-corrected chi connectivity index (χ3v) is 9.29. The van der Waals surface area contributed by atoms with Gasteiger partial charge in [0.2, 0.25) is 0 Å². The van der Waals surface area contributed by atoms with Gasteiger partial charge < -0.3 is 27.7 Å². The van der Waals surface area contributed by atoms with Crippen LogP contribution in [-0.2, 0) is 15.9 Å². The molecule has 44 heavy (non-hydrogen) atoms. The van der Waals surface area contributed by atoms with Crippen LogP contribution in [0.1, 0.15) is 70.0 Å². The molecule has 7 heterocycles. The summed E-state index contributed by atoms with van der Waals surface area (Å²) < 4.78 is 26.7. The van der Waals surface area contributed by atoms with Gasteiger partial charge in [-0.3, -0.25) is 4.79 Å². The molecule has 0 atom stereocenters. The summed E-state index contributed by atoms with van der Waals surface area (Å²) in [4.78, 5) is 26.2. The molecular weight excluding hydrogens is 646 g/mol. The molecule has 0 aliphatic carbocycles. The van der Waals surface area contributed by atoms with Gasteiger partial charge in [-0.15, -0.1) is 11.3 Å². The van der Waals surface area contributed by atoms with E-state index in [1.54, 1.807) is 14.2 Å². The van der Waals surface area contributed by atoms with Crippen molar-refractivity contribution in [1.82, 2.24) is 23.8 Å². The number of ketones is 1. The minimum absolute atomic E-state index is 0.0144. The summed E-state index contributed by atoms with van der Waals surface area (Å²) in [6.07, 6.45) is 12.5. The van der Waals surface area contributed by atoms with E-state index in [0.29, 0.717) is 29.7 Å². The predicted molar refractivity (Wildman–Crippen MR) is 172 cm³/mol. The fourth-order valence-electron chi connectivity index (χ4n) is 5.74. The highest BCUT2D eigenvalue weighted by Crippen LogP contribution is 2.31. The van der Waals surface area contributed by atoms with Crippen molar-refractivity contribution in [3.63, 3.8) is 0 Å². The van der Waals surface area contributed by atoms with Gasteiger partial charge in [-0.1, -0.05) is 0 Å². The predicted octanol–water partition coefficient (Wildman–Crippen LogP) is 6.43. The molecule has 7 rings (SSSR count). The SMILES string of the molecule is COc1cc(Br)cn2cc(C3CCOCC3)nc12.COc1cc(CC(=O)c2csc(C)n2)cn2cc(C3CCOCC3)nc12. The molecule has 2 aliphatic rings. The minimum atomic E-state index is 0.0144. The molecule has 0 amide bonds. The highest BCUT2D eigenvalue weighted by atomic mass is 79.9. The summed E-state index contributed by atoms with van der Waals surface area (Å²) in [7, 11) is 3.30. The number of ether oxygens (including phenoxy) is 4. The molecule has 5 aromatic rings. The maximum Gasteiger partial charge on any atom is 0.186 e. The van der Waals surface area contributed by atoms with Crippen molar-refractivity contribution < 1.29 is 23.7 Å². The molecule has 2 aliphatic heterocycles. The van der Waals surface area contributed by atoms with Crippen LogP contribution in [0.3, 0.4) is 0 Å². The molecule has 2 saturated heterocycles. The Morgan fingerprint density at radius 2 is 1.41 bits per heavy atom. The molecule has 0 N–H and O–H groups in total. The lowest BCUT2D eigenvalue weighted by atomic mass is 9.97. The first-order valence-corrected chi connectivity index (χ1v) is 16.5. The number of carbonyl (C=O) groups is 1. The zero-order valence-electron chi connectivity index (χ0n) is 25.1. The summed E-state index contributed by atoms with van der Waals surface area (Å²) >= 11 is 4.97. The fraction of sp³-hybridized carbons (Fsp3) is 0.438. The summed E-state index contributed by atoms with van der Waals surface area (Å²) in [6, 6.07) is 3.84. The van der Waals surface area contributed by atoms with E-state index in [1.807, 2.05) is 45.6 Å². The van der Waals surface area contributed by atoms with Gasteiger partial charge in [0.15, 0.2) is 28.6 Å². The third-order valence-electron chi connectivity index (χ3n) is 8.08. The van der Waals surface area contributed by atoms with Gasteiger partial charge in [0.05, 0.1) is 30.6 Å². The second-order valence-corrected chi connectivity index (χ2v) is 13.0. The Morgan fingerprint density at radius 3 is 1.93 bits per heavy atom. The lowest BCUT2D eigenvalue weighted by molar-refractivity contribution is 0.0845. The molecular formula is C32H36BrN5O5S. The zero-order valence-corrected chi connectivity index (χ0v) is 27.5. The first-order chi connectivity index (χ1) is 21.4. The van der Waals surface area contributed by atoms with Crippen molar-refractivity contribution in [2.45, 2.75) is 50.9 Å². The standard InChI is InChI=1S/C19H21N3O3S.C13H15BrN2O2/c1-12-20-16(11-26-12)17(23)7-13-8-18(24-2)19-21-15(10-22(19)9-13)14-3-5-25-6-4-14;1-17-12-6-10(14)7-16-8-11(15-13(12)16)9-2-4-18-5-3-9/h8-11,14H,3-7H2,1-2H3;6-9H,2-5H2,1H3. The van der Waals surface area contributed by atoms with Crippen molar-refractivity contribution in [2.75, 3.05) is 40.6 Å². The van der Waals surface area contributed by atoms with Crippen LogP contribution in [0.25, 0.3) is 11.3 Å². The van der Waals surface area contributed by atoms with Crippen LogP contribution < -0.4 is 9.47 Å². The van der Waals surface area contributed by atoms with E-state index in [-0.39, 0.29) is 5.78 Å². The topological polar surface area (TPSA) is 101 Å². The number of pyridine rings is 2. The Morgan fingerprint density at radius 1 is 0.864 bits per heavy atom. The molecule has 2 fully saturated rings. The average Bonchev–Trinajstić information content (AvgIpc) is 3.80. The Kier molecular flexibility index (Phi) is 9.60. The molecule has 0 bridgehead atoms. The quantitative estimate of drug-likeness (QED) is 0.181. The van der Waals surface area contributed by atoms with Crippen molar-refractivity contribution in [1.29, 1.82) is 0 Å². The number of carbonyl (C=O) groups excluding carboxylic acids is 1. The Bertz CT molecular complexity index is 1750. The Labute approximate surface area is 268 Å². The molecule has 12 heteroatoms. The summed E-state index contributed by atoms with van der Waals surface area (Å²) in [6.45, 7) is 5.13. The first-order valence-electron chi connectivity index (χ1n) is 14.8. The van der Waals surface area contributed by atoms with Crippen LogP contribution in [0.2, 0.25) is 0 Å². The van der Waals surface area contributed by atoms with Crippen LogP contribution in [0, 0.1) is 6.92 Å². The highest BCUT2D eigenvalue weighted by molar-refractivity contribution is 9.10. The maximum atomic E-state index is 12.5. The van der Waals surface area contributed by atoms with Gasteiger partial charge in [0.25, 0.3) is 0 Å². The number of aryl methyl sites for hydroxylation is 1. The van der Waals surface area contributed by atoms with Crippen molar-refractivity contribution in [3.05, 3.63) is 74.4 Å². The normalized spacial score (nSPS) is 16.2. The van der Waals surface area contributed by atoms with E-state index in [4.69, 9.17) is 28.9 Å². The van der Waals surface area contributed by atoms with E-state index in [2.05, 4.69) is 33.3 Å². The van der Waals surface area contributed by atoms with Crippen LogP contribution in [0.15, 0.2) is 46.8 Å². The molecule has 0 unspecified atom stereocenters. The number of rotatable bonds is 7. The second kappa shape index (κ2) is 13.8. The number of nitrogens with zero attached hydrogens (tertiary/aromatic N) is 5. The molecule has 10 nitrogen and oxygen atoms in total. The van der Waals surface area contributed by atoms with E-state index in [1.165, 1.54) is 11.3 Å². The number of imidazole rings is 2. The zero-order chi connectivity index (χ0) is 30.6. The van der Waals surface area contributed by atoms with E-state index in [9.17, 15) is 4.79 Å². The van der Waals surface area contributed by atoms with Gasteiger partial charge in [-0.25, -0.2) is 15.0 Å². The van der Waals surface area contributed by atoms with Crippen LogP contribution in [0.5, 0.6) is 11.5 Å². The van der Waals surface area contributed by atoms with Crippen LogP contribution in [-0.4, -0.2) is 70.2 Å². The Hall–Kier alpha value is -3.32. The molecule has 5 aromatic heterocycles. The van der Waals surface area contributed by atoms with Gasteiger partial charge in [0, 0.05) is 79.3 Å². The molecule has 0 saturated carbocycles. The van der Waals surface area contributed by atoms with Crippen molar-refractivity contribution >= 4 is 44.3 Å².